The maximum absolute atomic E-state index is 14.2. The number of hydrogen-bond acceptors (Lipinski definition) is 11. The third-order valence-corrected chi connectivity index (χ3v) is 11.4. The van der Waals surface area contributed by atoms with Crippen LogP contribution in [0.5, 0.6) is 5.75 Å². The van der Waals surface area contributed by atoms with E-state index in [4.69, 9.17) is 35.3 Å². The zero-order valence-corrected chi connectivity index (χ0v) is 33.8. The van der Waals surface area contributed by atoms with Gasteiger partial charge in [0, 0.05) is 44.7 Å². The molecule has 0 radical (unpaired) electrons. The molecule has 8 atom stereocenters. The summed E-state index contributed by atoms with van der Waals surface area (Å²) >= 11 is 6.77. The van der Waals surface area contributed by atoms with Gasteiger partial charge < -0.3 is 38.6 Å². The number of aliphatic hydroxyl groups is 1. The van der Waals surface area contributed by atoms with Crippen molar-refractivity contribution >= 4 is 46.9 Å². The number of ether oxygens (including phenoxy) is 5. The number of nitrogens with one attached hydrogen (secondary N) is 1. The lowest BCUT2D eigenvalue weighted by Crippen LogP contribution is -2.63. The number of allylic oxidation sites excluding steroid dienone is 3. The van der Waals surface area contributed by atoms with Gasteiger partial charge in [0.2, 0.25) is 5.91 Å². The number of rotatable bonds is 7. The van der Waals surface area contributed by atoms with Crippen molar-refractivity contribution in [1.82, 2.24) is 10.2 Å². The topological polar surface area (TPSA) is 174 Å². The van der Waals surface area contributed by atoms with E-state index in [1.165, 1.54) is 69.2 Å². The number of halogens is 1. The number of hydrogen-bond donors (Lipinski definition) is 2. The molecule has 3 aliphatic heterocycles. The number of fused-ring (bicyclic) bond motifs is 5. The minimum absolute atomic E-state index is 0.0744. The second-order valence-corrected chi connectivity index (χ2v) is 15.3. The number of esters is 1. The average molecular weight is 796 g/mol. The van der Waals surface area contributed by atoms with E-state index in [0.29, 0.717) is 23.4 Å². The number of carbonyl (C=O) groups excluding carboxylic acids is 5. The summed E-state index contributed by atoms with van der Waals surface area (Å²) in [6.45, 7) is 8.31. The summed E-state index contributed by atoms with van der Waals surface area (Å²) in [5.41, 5.74) is -0.351. The fraction of sp³-hybridized carbons (Fsp3) is 0.488. The fourth-order valence-electron chi connectivity index (χ4n) is 7.23. The smallest absolute Gasteiger partial charge is 0.409 e. The largest absolute Gasteiger partial charge is 0.495 e. The van der Waals surface area contributed by atoms with Crippen LogP contribution in [0, 0.1) is 5.92 Å². The molecule has 0 aliphatic carbocycles. The van der Waals surface area contributed by atoms with Crippen molar-refractivity contribution in [2.24, 2.45) is 5.92 Å². The van der Waals surface area contributed by atoms with E-state index < -0.39 is 71.6 Å². The van der Waals surface area contributed by atoms with Gasteiger partial charge in [-0.2, -0.15) is 0 Å². The first-order valence-electron chi connectivity index (χ1n) is 18.3. The molecular weight excluding hydrogens is 746 g/mol. The first-order valence-corrected chi connectivity index (χ1v) is 18.7. The fourth-order valence-corrected chi connectivity index (χ4v) is 7.54. The summed E-state index contributed by atoms with van der Waals surface area (Å²) in [6, 6.07) is 8.53. The Hall–Kier alpha value is -4.76. The lowest BCUT2D eigenvalue weighted by molar-refractivity contribution is -0.158. The van der Waals surface area contributed by atoms with Gasteiger partial charge in [-0.25, -0.2) is 9.59 Å². The predicted octanol–water partition coefficient (Wildman–Crippen LogP) is 5.03. The molecule has 3 unspecified atom stereocenters. The van der Waals surface area contributed by atoms with E-state index in [9.17, 15) is 29.1 Å². The maximum Gasteiger partial charge on any atom is 0.409 e. The van der Waals surface area contributed by atoms with Crippen molar-refractivity contribution in [2.75, 3.05) is 33.2 Å². The van der Waals surface area contributed by atoms with Crippen molar-refractivity contribution in [3.63, 3.8) is 0 Å². The summed E-state index contributed by atoms with van der Waals surface area (Å²) in [5, 5.41) is 14.5. The van der Waals surface area contributed by atoms with Gasteiger partial charge in [0.05, 0.1) is 25.3 Å². The molecule has 5 rings (SSSR count). The zero-order valence-electron chi connectivity index (χ0n) is 33.1. The molecule has 2 aromatic carbocycles. The first-order chi connectivity index (χ1) is 26.3. The van der Waals surface area contributed by atoms with E-state index in [1.54, 1.807) is 45.2 Å². The van der Waals surface area contributed by atoms with Crippen LogP contribution in [0.4, 0.5) is 10.5 Å². The van der Waals surface area contributed by atoms with Gasteiger partial charge in [0.25, 0.3) is 5.91 Å². The van der Waals surface area contributed by atoms with E-state index >= 15 is 0 Å². The molecule has 3 amide bonds. The average Bonchev–Trinajstić information content (AvgIpc) is 3.86. The lowest BCUT2D eigenvalue weighted by atomic mass is 9.83. The minimum Gasteiger partial charge on any atom is -0.495 e. The van der Waals surface area contributed by atoms with Crippen LogP contribution in [0.1, 0.15) is 73.7 Å². The highest BCUT2D eigenvalue weighted by molar-refractivity contribution is 6.35. The Balaban J connectivity index is 1.51. The maximum atomic E-state index is 14.2. The van der Waals surface area contributed by atoms with Crippen LogP contribution in [-0.4, -0.2) is 110 Å². The number of nitrogens with zero attached hydrogens (tertiary/aromatic N) is 2. The third-order valence-electron chi connectivity index (χ3n) is 11.0. The molecule has 15 heteroatoms. The number of alkyl carbamates (subject to hydrolysis) is 1. The van der Waals surface area contributed by atoms with Gasteiger partial charge in [0.15, 0.2) is 11.5 Å². The summed E-state index contributed by atoms with van der Waals surface area (Å²) in [4.78, 5) is 68.7. The lowest BCUT2D eigenvalue weighted by Gasteiger charge is -2.42. The molecule has 2 aromatic rings. The Labute approximate surface area is 331 Å². The Morgan fingerprint density at radius 3 is 2.41 bits per heavy atom. The van der Waals surface area contributed by atoms with Crippen LogP contribution in [0.15, 0.2) is 60.2 Å². The number of epoxide rings is 1. The van der Waals surface area contributed by atoms with Crippen LogP contribution in [-0.2, 0) is 35.0 Å². The van der Waals surface area contributed by atoms with Gasteiger partial charge in [-0.3, -0.25) is 19.7 Å². The van der Waals surface area contributed by atoms with E-state index in [1.807, 2.05) is 13.0 Å². The molecule has 0 aromatic heterocycles. The molecular formula is C41H50ClN3O11. The van der Waals surface area contributed by atoms with Gasteiger partial charge in [-0.05, 0) is 63.9 Å². The monoisotopic (exact) mass is 795 g/mol. The molecule has 2 N–H and O–H groups in total. The normalized spacial score (nSPS) is 30.0. The van der Waals surface area contributed by atoms with E-state index in [-0.39, 0.29) is 29.2 Å². The molecule has 3 aliphatic rings. The number of anilines is 1. The molecule has 302 valence electrons. The van der Waals surface area contributed by atoms with Gasteiger partial charge in [-0.1, -0.05) is 54.5 Å². The van der Waals surface area contributed by atoms with Crippen LogP contribution >= 0.6 is 11.6 Å². The Kier molecular flexibility index (Phi) is 12.7. The Morgan fingerprint density at radius 2 is 1.79 bits per heavy atom. The standard InChI is InChI=1S/C41H50ClN3O11/c1-22-11-10-12-32(53-9)41(51)21-31(54-39(50)43-41)23(2)36-40(5,56-36)33(20-34(47)45(7)29-18-26(17-22)19-30(52-8)35(29)42)55-38(49)24(3)44(6)37(48)28-15-13-27(14-16-28)25(4)46/h10-16,18-19,23-24,31-33,36,51H,17,20-21H2,1-9H3,(H,43,50)/b12-10+,22-11+/t23?,24-,31-,32+,33-,36?,40?,41-/m0/s1. The molecule has 14 nitrogen and oxygen atoms in total. The number of methoxy groups -OCH3 is 2. The first kappa shape index (κ1) is 42.4. The molecule has 56 heavy (non-hydrogen) atoms. The van der Waals surface area contributed by atoms with Crippen LogP contribution < -0.4 is 15.0 Å². The van der Waals surface area contributed by atoms with Crippen LogP contribution in [0.3, 0.4) is 0 Å². The molecule has 2 saturated heterocycles. The van der Waals surface area contributed by atoms with Crippen LogP contribution in [0.25, 0.3) is 0 Å². The number of benzene rings is 2. The predicted molar refractivity (Wildman–Crippen MR) is 207 cm³/mol. The van der Waals surface area contributed by atoms with Crippen molar-refractivity contribution in [1.29, 1.82) is 0 Å². The van der Waals surface area contributed by atoms with E-state index in [0.717, 1.165) is 11.1 Å². The Bertz CT molecular complexity index is 1930. The quantitative estimate of drug-likeness (QED) is 0.219. The van der Waals surface area contributed by atoms with E-state index in [2.05, 4.69) is 5.32 Å². The molecule has 2 fully saturated rings. The minimum atomic E-state index is -1.85. The highest BCUT2D eigenvalue weighted by atomic mass is 35.5. The molecule has 4 bridgehead atoms. The van der Waals surface area contributed by atoms with Crippen molar-refractivity contribution in [2.45, 2.75) is 95.7 Å². The number of likely N-dealkylation sites (N-methyl/N-ethyl adjacent to an activating group) is 1. The molecule has 0 saturated carbocycles. The second-order valence-electron chi connectivity index (χ2n) is 14.9. The second kappa shape index (κ2) is 16.8. The Morgan fingerprint density at radius 1 is 1.12 bits per heavy atom. The van der Waals surface area contributed by atoms with Gasteiger partial charge in [0.1, 0.15) is 40.7 Å². The summed E-state index contributed by atoms with van der Waals surface area (Å²) in [6.07, 6.45) is 0.651. The van der Waals surface area contributed by atoms with Crippen molar-refractivity contribution in [3.05, 3.63) is 81.9 Å². The van der Waals surface area contributed by atoms with Crippen molar-refractivity contribution < 1.29 is 52.8 Å². The number of ketones is 1. The number of amides is 3. The zero-order chi connectivity index (χ0) is 41.3. The summed E-state index contributed by atoms with van der Waals surface area (Å²) in [5.74, 6) is -2.12. The number of Topliss-reactive ketones (excluding diaryl/α,β-unsaturated/α-hetero) is 1. The highest BCUT2D eigenvalue weighted by Crippen LogP contribution is 2.49. The summed E-state index contributed by atoms with van der Waals surface area (Å²) in [7, 11) is 5.91. The summed E-state index contributed by atoms with van der Waals surface area (Å²) < 4.78 is 29.2. The van der Waals surface area contributed by atoms with Crippen LogP contribution in [0.2, 0.25) is 5.02 Å². The third kappa shape index (κ3) is 8.78. The SMILES string of the molecule is COc1cc2cc(c1Cl)N(C)C(=O)C[C@H](OC(=O)[C@H](C)N(C)C(=O)c1ccc(C(C)=O)cc1)C1(C)OC1C(C)[C@@H]1C[C@@](O)(NC(=O)O1)[C@H](OC)/C=C/C=C(\C)C2. The highest BCUT2D eigenvalue weighted by Gasteiger charge is 2.64. The molecule has 3 heterocycles. The van der Waals surface area contributed by atoms with Gasteiger partial charge in [-0.15, -0.1) is 0 Å². The number of carbonyl (C=O) groups is 5. The van der Waals surface area contributed by atoms with Crippen molar-refractivity contribution in [3.8, 4) is 5.75 Å². The van der Waals surface area contributed by atoms with Gasteiger partial charge >= 0.3 is 12.1 Å². The molecule has 0 spiro atoms.